The molecule has 7 heteroatoms. The first-order valence-corrected chi connectivity index (χ1v) is 11.4. The zero-order chi connectivity index (χ0) is 21.4. The van der Waals surface area contributed by atoms with E-state index in [1.165, 1.54) is 19.3 Å². The number of aryl methyl sites for hydroxylation is 3. The summed E-state index contributed by atoms with van der Waals surface area (Å²) >= 11 is 0. The molecule has 3 aromatic rings. The van der Waals surface area contributed by atoms with Crippen molar-refractivity contribution in [2.24, 2.45) is 5.92 Å². The van der Waals surface area contributed by atoms with Gasteiger partial charge in [0.05, 0.1) is 5.92 Å². The minimum absolute atomic E-state index is 0.0520. The molecule has 2 aliphatic heterocycles. The summed E-state index contributed by atoms with van der Waals surface area (Å²) in [4.78, 5) is 31.5. The molecule has 1 aromatic carbocycles. The molecule has 0 N–H and O–H groups in total. The topological polar surface area (TPSA) is 67.2 Å². The molecule has 1 amide bonds. The lowest BCUT2D eigenvalue weighted by Crippen LogP contribution is -2.44. The van der Waals surface area contributed by atoms with Crippen molar-refractivity contribution < 1.29 is 4.79 Å². The maximum absolute atomic E-state index is 13.3. The number of carbonyl (C=O) groups excluding carboxylic acids is 1. The highest BCUT2D eigenvalue weighted by Crippen LogP contribution is 2.30. The van der Waals surface area contributed by atoms with Crippen molar-refractivity contribution in [3.05, 3.63) is 42.0 Å². The first-order chi connectivity index (χ1) is 15.1. The van der Waals surface area contributed by atoms with E-state index in [0.717, 1.165) is 66.4 Å². The molecule has 1 saturated heterocycles. The normalized spacial score (nSPS) is 19.2. The van der Waals surface area contributed by atoms with Crippen molar-refractivity contribution in [1.82, 2.24) is 19.5 Å². The number of fused-ring (bicyclic) bond motifs is 3. The Kier molecular flexibility index (Phi) is 5.34. The number of anilines is 2. The quantitative estimate of drug-likeness (QED) is 0.648. The van der Waals surface area contributed by atoms with Crippen LogP contribution in [0.25, 0.3) is 11.2 Å². The van der Waals surface area contributed by atoms with Crippen LogP contribution in [-0.2, 0) is 17.8 Å². The van der Waals surface area contributed by atoms with Crippen LogP contribution in [0.2, 0.25) is 0 Å². The van der Waals surface area contributed by atoms with Crippen molar-refractivity contribution in [2.75, 3.05) is 29.9 Å². The molecule has 0 unspecified atom stereocenters. The highest BCUT2D eigenvalue weighted by atomic mass is 16.2. The molecular weight excluding hydrogens is 388 g/mol. The molecule has 0 aliphatic carbocycles. The summed E-state index contributed by atoms with van der Waals surface area (Å²) < 4.78 is 2.27. The van der Waals surface area contributed by atoms with Crippen molar-refractivity contribution in [2.45, 2.75) is 52.0 Å². The van der Waals surface area contributed by atoms with Crippen molar-refractivity contribution >= 4 is 28.6 Å². The third-order valence-corrected chi connectivity index (χ3v) is 6.75. The van der Waals surface area contributed by atoms with E-state index in [1.54, 1.807) is 6.33 Å². The van der Waals surface area contributed by atoms with E-state index in [0.29, 0.717) is 6.54 Å². The smallest absolute Gasteiger partial charge is 0.231 e. The predicted molar refractivity (Wildman–Crippen MR) is 122 cm³/mol. The van der Waals surface area contributed by atoms with Gasteiger partial charge in [-0.2, -0.15) is 0 Å². The summed E-state index contributed by atoms with van der Waals surface area (Å²) in [7, 11) is 1.89. The van der Waals surface area contributed by atoms with Gasteiger partial charge in [0.2, 0.25) is 5.91 Å². The summed E-state index contributed by atoms with van der Waals surface area (Å²) in [6.45, 7) is 4.59. The summed E-state index contributed by atoms with van der Waals surface area (Å²) in [5, 5.41) is 0. The van der Waals surface area contributed by atoms with Gasteiger partial charge in [-0.05, 0) is 44.2 Å². The summed E-state index contributed by atoms with van der Waals surface area (Å²) in [6, 6.07) is 8.05. The Hall–Kier alpha value is -2.96. The Morgan fingerprint density at radius 2 is 1.97 bits per heavy atom. The second kappa shape index (κ2) is 8.29. The molecule has 0 bridgehead atoms. The average Bonchev–Trinajstić information content (AvgIpc) is 2.99. The molecular formula is C24H30N6O. The van der Waals surface area contributed by atoms with Crippen LogP contribution >= 0.6 is 0 Å². The molecule has 162 valence electrons. The third kappa shape index (κ3) is 3.66. The molecule has 5 rings (SSSR count). The van der Waals surface area contributed by atoms with Gasteiger partial charge in [-0.25, -0.2) is 15.0 Å². The van der Waals surface area contributed by atoms with E-state index in [4.69, 9.17) is 4.98 Å². The van der Waals surface area contributed by atoms with Gasteiger partial charge in [-0.1, -0.05) is 24.6 Å². The van der Waals surface area contributed by atoms with Crippen molar-refractivity contribution in [1.29, 1.82) is 0 Å². The minimum Gasteiger partial charge on any atom is -0.354 e. The van der Waals surface area contributed by atoms with Gasteiger partial charge in [0, 0.05) is 38.8 Å². The van der Waals surface area contributed by atoms with Crippen LogP contribution in [0.15, 0.2) is 30.6 Å². The molecule has 0 saturated carbocycles. The Balaban J connectivity index is 1.41. The first-order valence-electron chi connectivity index (χ1n) is 11.4. The number of amides is 1. The van der Waals surface area contributed by atoms with E-state index in [1.807, 2.05) is 43.1 Å². The van der Waals surface area contributed by atoms with Gasteiger partial charge in [0.25, 0.3) is 0 Å². The number of nitrogens with zero attached hydrogens (tertiary/aromatic N) is 6. The Labute approximate surface area is 183 Å². The number of hydrogen-bond acceptors (Lipinski definition) is 5. The van der Waals surface area contributed by atoms with Gasteiger partial charge < -0.3 is 14.4 Å². The third-order valence-electron chi connectivity index (χ3n) is 6.75. The fourth-order valence-corrected chi connectivity index (χ4v) is 5.06. The number of hydrogen-bond donors (Lipinski definition) is 0. The average molecular weight is 419 g/mol. The van der Waals surface area contributed by atoms with Crippen LogP contribution < -0.4 is 9.80 Å². The minimum atomic E-state index is -0.0520. The van der Waals surface area contributed by atoms with Crippen LogP contribution in [0.1, 0.15) is 43.5 Å². The molecule has 31 heavy (non-hydrogen) atoms. The molecule has 7 nitrogen and oxygen atoms in total. The van der Waals surface area contributed by atoms with Crippen LogP contribution in [0.3, 0.4) is 0 Å². The largest absolute Gasteiger partial charge is 0.354 e. The lowest BCUT2D eigenvalue weighted by molar-refractivity contribution is -0.122. The molecule has 2 aliphatic rings. The molecule has 0 spiro atoms. The summed E-state index contributed by atoms with van der Waals surface area (Å²) in [5.41, 5.74) is 3.92. The predicted octanol–water partition coefficient (Wildman–Crippen LogP) is 3.74. The number of piperidine rings is 1. The van der Waals surface area contributed by atoms with Crippen molar-refractivity contribution in [3.63, 3.8) is 0 Å². The van der Waals surface area contributed by atoms with Gasteiger partial charge in [0.1, 0.15) is 12.2 Å². The van der Waals surface area contributed by atoms with E-state index in [9.17, 15) is 4.79 Å². The van der Waals surface area contributed by atoms with E-state index >= 15 is 0 Å². The Morgan fingerprint density at radius 3 is 2.84 bits per heavy atom. The Bertz CT molecular complexity index is 1110. The first kappa shape index (κ1) is 20.0. The molecule has 1 fully saturated rings. The fraction of sp³-hybridized carbons (Fsp3) is 0.500. The SMILES string of the molecule is Cc1ccccc1N(C)C(=O)[C@@H]1CCCN(c2ncnc3c2nc2n3CCCCC2)C1. The number of rotatable bonds is 3. The zero-order valence-electron chi connectivity index (χ0n) is 18.4. The molecule has 1 atom stereocenters. The second-order valence-corrected chi connectivity index (χ2v) is 8.83. The fourth-order valence-electron chi connectivity index (χ4n) is 5.06. The van der Waals surface area contributed by atoms with Crippen LogP contribution in [0, 0.1) is 12.8 Å². The number of benzene rings is 1. The van der Waals surface area contributed by atoms with Crippen LogP contribution in [0.5, 0.6) is 0 Å². The van der Waals surface area contributed by atoms with E-state index < -0.39 is 0 Å². The van der Waals surface area contributed by atoms with Gasteiger partial charge in [-0.3, -0.25) is 4.79 Å². The summed E-state index contributed by atoms with van der Waals surface area (Å²) in [5.74, 6) is 2.12. The lowest BCUT2D eigenvalue weighted by atomic mass is 9.96. The second-order valence-electron chi connectivity index (χ2n) is 8.83. The number of aromatic nitrogens is 4. The Morgan fingerprint density at radius 1 is 1.10 bits per heavy atom. The monoisotopic (exact) mass is 418 g/mol. The molecule has 2 aromatic heterocycles. The maximum Gasteiger partial charge on any atom is 0.231 e. The van der Waals surface area contributed by atoms with Crippen LogP contribution in [0.4, 0.5) is 11.5 Å². The van der Waals surface area contributed by atoms with Crippen LogP contribution in [-0.4, -0.2) is 45.6 Å². The lowest BCUT2D eigenvalue weighted by Gasteiger charge is -2.34. The van der Waals surface area contributed by atoms with Gasteiger partial charge in [0.15, 0.2) is 17.0 Å². The molecule has 4 heterocycles. The van der Waals surface area contributed by atoms with Crippen molar-refractivity contribution in [3.8, 4) is 0 Å². The number of para-hydroxylation sites is 1. The zero-order valence-corrected chi connectivity index (χ0v) is 18.4. The standard InChI is InChI=1S/C24H30N6O/c1-17-9-5-6-11-19(17)28(2)24(31)18-10-8-13-29(15-18)22-21-23(26-16-25-22)30-14-7-3-4-12-20(30)27-21/h5-6,9,11,16,18H,3-4,7-8,10,12-15H2,1-2H3/t18-/m1/s1. The maximum atomic E-state index is 13.3. The number of imidazole rings is 1. The highest BCUT2D eigenvalue weighted by Gasteiger charge is 2.31. The highest BCUT2D eigenvalue weighted by molar-refractivity contribution is 5.96. The van der Waals surface area contributed by atoms with E-state index in [2.05, 4.69) is 19.4 Å². The van der Waals surface area contributed by atoms with Gasteiger partial charge >= 0.3 is 0 Å². The number of carbonyl (C=O) groups is 1. The summed E-state index contributed by atoms with van der Waals surface area (Å²) in [6.07, 6.45) is 8.12. The van der Waals surface area contributed by atoms with E-state index in [-0.39, 0.29) is 11.8 Å². The van der Waals surface area contributed by atoms with Gasteiger partial charge in [-0.15, -0.1) is 0 Å². The molecule has 0 radical (unpaired) electrons.